The Balaban J connectivity index is 1.56. The molecule has 0 saturated carbocycles. The van der Waals surface area contributed by atoms with Crippen LogP contribution in [0.4, 0.5) is 10.8 Å². The fourth-order valence-corrected chi connectivity index (χ4v) is 4.30. The normalized spacial score (nSPS) is 10.7. The second-order valence-electron chi connectivity index (χ2n) is 6.72. The molecule has 144 valence electrons. The van der Waals surface area contributed by atoms with Crippen molar-refractivity contribution in [2.75, 3.05) is 5.32 Å². The Labute approximate surface area is 178 Å². The first-order chi connectivity index (χ1) is 14.0. The van der Waals surface area contributed by atoms with Crippen molar-refractivity contribution in [3.63, 3.8) is 0 Å². The van der Waals surface area contributed by atoms with E-state index in [0.29, 0.717) is 11.4 Å². The summed E-state index contributed by atoms with van der Waals surface area (Å²) in [6.07, 6.45) is 2.61. The fraction of sp³-hybridized carbons (Fsp3) is 0.136. The summed E-state index contributed by atoms with van der Waals surface area (Å²) in [5.41, 5.74) is 5.18. The highest BCUT2D eigenvalue weighted by molar-refractivity contribution is 7.15. The third kappa shape index (κ3) is 4.32. The van der Waals surface area contributed by atoms with Crippen molar-refractivity contribution in [1.29, 1.82) is 5.26 Å². The number of imidazole rings is 1. The lowest BCUT2D eigenvalue weighted by Gasteiger charge is -2.06. The Morgan fingerprint density at radius 1 is 1.17 bits per heavy atom. The van der Waals surface area contributed by atoms with Gasteiger partial charge in [-0.3, -0.25) is 0 Å². The molecule has 0 amide bonds. The van der Waals surface area contributed by atoms with Gasteiger partial charge < -0.3 is 10.3 Å². The predicted octanol–water partition coefficient (Wildman–Crippen LogP) is 6.01. The summed E-state index contributed by atoms with van der Waals surface area (Å²) in [4.78, 5) is 13.3. The molecule has 4 aromatic rings. The minimum Gasteiger partial charge on any atom is -0.344 e. The molecule has 0 spiro atoms. The molecule has 0 bridgehead atoms. The van der Waals surface area contributed by atoms with Crippen LogP contribution in [-0.2, 0) is 6.42 Å². The Morgan fingerprint density at radius 3 is 2.76 bits per heavy atom. The van der Waals surface area contributed by atoms with Crippen molar-refractivity contribution < 1.29 is 0 Å². The number of hydrogen-bond donors (Lipinski definition) is 2. The van der Waals surface area contributed by atoms with Gasteiger partial charge in [0.25, 0.3) is 0 Å². The first-order valence-electron chi connectivity index (χ1n) is 9.06. The van der Waals surface area contributed by atoms with E-state index >= 15 is 0 Å². The van der Waals surface area contributed by atoms with E-state index in [1.165, 1.54) is 4.88 Å². The highest BCUT2D eigenvalue weighted by atomic mass is 35.5. The van der Waals surface area contributed by atoms with Gasteiger partial charge >= 0.3 is 0 Å². The van der Waals surface area contributed by atoms with E-state index in [9.17, 15) is 5.26 Å². The third-order valence-electron chi connectivity index (χ3n) is 4.50. The summed E-state index contributed by atoms with van der Waals surface area (Å²) in [7, 11) is 0. The molecule has 4 rings (SSSR count). The number of halogens is 1. The maximum atomic E-state index is 9.57. The van der Waals surface area contributed by atoms with E-state index < -0.39 is 0 Å². The predicted molar refractivity (Wildman–Crippen MR) is 118 cm³/mol. The fourth-order valence-electron chi connectivity index (χ4n) is 3.07. The van der Waals surface area contributed by atoms with Crippen LogP contribution in [0.5, 0.6) is 0 Å². The van der Waals surface area contributed by atoms with Crippen LogP contribution >= 0.6 is 22.9 Å². The van der Waals surface area contributed by atoms with Gasteiger partial charge in [0.15, 0.2) is 5.13 Å². The molecule has 2 aromatic heterocycles. The zero-order valence-corrected chi connectivity index (χ0v) is 17.5. The highest BCUT2D eigenvalue weighted by Crippen LogP contribution is 2.30. The van der Waals surface area contributed by atoms with Gasteiger partial charge in [-0.15, -0.1) is 11.3 Å². The number of nitrogens with zero attached hydrogens (tertiary/aromatic N) is 3. The van der Waals surface area contributed by atoms with Crippen molar-refractivity contribution in [3.8, 4) is 17.5 Å². The van der Waals surface area contributed by atoms with Crippen LogP contribution in [0.25, 0.3) is 11.4 Å². The molecular weight excluding hydrogens is 402 g/mol. The van der Waals surface area contributed by atoms with E-state index in [2.05, 4.69) is 32.4 Å². The summed E-state index contributed by atoms with van der Waals surface area (Å²) in [6, 6.07) is 15.8. The second-order valence-corrected chi connectivity index (χ2v) is 8.24. The van der Waals surface area contributed by atoms with Crippen molar-refractivity contribution in [3.05, 3.63) is 81.1 Å². The molecule has 2 N–H and O–H groups in total. The molecule has 0 aliphatic heterocycles. The highest BCUT2D eigenvalue weighted by Gasteiger charge is 2.12. The summed E-state index contributed by atoms with van der Waals surface area (Å²) in [5.74, 6) is 0.694. The number of thiazole rings is 1. The van der Waals surface area contributed by atoms with E-state index in [-0.39, 0.29) is 0 Å². The van der Waals surface area contributed by atoms with Gasteiger partial charge in [0.1, 0.15) is 5.82 Å². The number of H-pyrrole nitrogens is 1. The lowest BCUT2D eigenvalue weighted by atomic mass is 10.1. The zero-order valence-electron chi connectivity index (χ0n) is 16.0. The smallest absolute Gasteiger partial charge is 0.187 e. The number of aromatic nitrogens is 3. The van der Waals surface area contributed by atoms with E-state index in [0.717, 1.165) is 44.8 Å². The standard InChI is InChI=1S/C22H18ClN5S/c1-13-12-25-21(26-13)19-7-6-18(10-16(19)11-24)28-22-27-14(2)20(29-22)9-15-4-3-5-17(23)8-15/h3-8,10,12H,9H2,1-2H3,(H,25,26)(H,27,28). The van der Waals surface area contributed by atoms with Gasteiger partial charge in [0.05, 0.1) is 23.0 Å². The first-order valence-corrected chi connectivity index (χ1v) is 10.3. The van der Waals surface area contributed by atoms with Crippen LogP contribution in [0, 0.1) is 25.2 Å². The number of anilines is 2. The number of nitriles is 1. The molecular formula is C22H18ClN5S. The third-order valence-corrected chi connectivity index (χ3v) is 5.81. The zero-order chi connectivity index (χ0) is 20.4. The number of aromatic amines is 1. The Kier molecular flexibility index (Phi) is 5.34. The summed E-state index contributed by atoms with van der Waals surface area (Å²) in [5, 5.41) is 14.4. The Hall–Kier alpha value is -3.14. The minimum atomic E-state index is 0.553. The summed E-state index contributed by atoms with van der Waals surface area (Å²) < 4.78 is 0. The van der Waals surface area contributed by atoms with Crippen LogP contribution in [0.2, 0.25) is 5.02 Å². The van der Waals surface area contributed by atoms with Crippen LogP contribution in [-0.4, -0.2) is 15.0 Å². The average molecular weight is 420 g/mol. The topological polar surface area (TPSA) is 77.4 Å². The maximum Gasteiger partial charge on any atom is 0.187 e. The summed E-state index contributed by atoms with van der Waals surface area (Å²) >= 11 is 7.70. The van der Waals surface area contributed by atoms with Crippen LogP contribution < -0.4 is 5.32 Å². The molecule has 0 atom stereocenters. The van der Waals surface area contributed by atoms with Gasteiger partial charge in [0, 0.05) is 33.8 Å². The van der Waals surface area contributed by atoms with Crippen molar-refractivity contribution in [1.82, 2.24) is 15.0 Å². The van der Waals surface area contributed by atoms with Crippen LogP contribution in [0.3, 0.4) is 0 Å². The summed E-state index contributed by atoms with van der Waals surface area (Å²) in [6.45, 7) is 3.92. The van der Waals surface area contributed by atoms with Crippen LogP contribution in [0.15, 0.2) is 48.7 Å². The molecule has 0 unspecified atom stereocenters. The van der Waals surface area contributed by atoms with E-state index in [1.54, 1.807) is 11.3 Å². The number of aryl methyl sites for hydroxylation is 2. The van der Waals surface area contributed by atoms with Crippen molar-refractivity contribution in [2.45, 2.75) is 20.3 Å². The molecule has 0 aliphatic carbocycles. The van der Waals surface area contributed by atoms with Crippen LogP contribution in [0.1, 0.15) is 27.4 Å². The van der Waals surface area contributed by atoms with Crippen molar-refractivity contribution in [2.24, 2.45) is 0 Å². The number of nitrogens with one attached hydrogen (secondary N) is 2. The first kappa shape index (κ1) is 19.2. The average Bonchev–Trinajstić information content (AvgIpc) is 3.27. The molecule has 7 heteroatoms. The van der Waals surface area contributed by atoms with E-state index in [4.69, 9.17) is 11.6 Å². The minimum absolute atomic E-state index is 0.553. The molecule has 0 radical (unpaired) electrons. The maximum absolute atomic E-state index is 9.57. The van der Waals surface area contributed by atoms with Gasteiger partial charge in [-0.25, -0.2) is 9.97 Å². The lowest BCUT2D eigenvalue weighted by molar-refractivity contribution is 1.15. The van der Waals surface area contributed by atoms with Crippen molar-refractivity contribution >= 4 is 33.8 Å². The number of hydrogen-bond acceptors (Lipinski definition) is 5. The molecule has 2 aromatic carbocycles. The Bertz CT molecular complexity index is 1220. The largest absolute Gasteiger partial charge is 0.344 e. The van der Waals surface area contributed by atoms with Gasteiger partial charge in [0.2, 0.25) is 0 Å². The monoisotopic (exact) mass is 419 g/mol. The molecule has 0 fully saturated rings. The van der Waals surface area contributed by atoms with Gasteiger partial charge in [-0.05, 0) is 49.7 Å². The van der Waals surface area contributed by atoms with Gasteiger partial charge in [-0.2, -0.15) is 5.26 Å². The molecule has 29 heavy (non-hydrogen) atoms. The lowest BCUT2D eigenvalue weighted by Crippen LogP contribution is -1.93. The number of rotatable bonds is 5. The molecule has 2 heterocycles. The second kappa shape index (κ2) is 8.08. The molecule has 5 nitrogen and oxygen atoms in total. The quantitative estimate of drug-likeness (QED) is 0.415. The van der Waals surface area contributed by atoms with Gasteiger partial charge in [-0.1, -0.05) is 23.7 Å². The molecule has 0 aliphatic rings. The number of benzene rings is 2. The molecule has 0 saturated heterocycles. The SMILES string of the molecule is Cc1c[nH]c(-c2ccc(Nc3nc(C)c(Cc4cccc(Cl)c4)s3)cc2C#N)n1. The van der Waals surface area contributed by atoms with E-state index in [1.807, 2.05) is 56.4 Å². The Morgan fingerprint density at radius 2 is 2.03 bits per heavy atom.